The monoisotopic (exact) mass is 222 g/mol. The minimum atomic E-state index is 0.890. The summed E-state index contributed by atoms with van der Waals surface area (Å²) in [7, 11) is 1.91. The van der Waals surface area contributed by atoms with Crippen molar-refractivity contribution in [2.75, 3.05) is 6.54 Å². The number of aryl methyl sites for hydroxylation is 1. The molecular weight excluding hydrogens is 208 g/mol. The van der Waals surface area contributed by atoms with Crippen LogP contribution in [-0.2, 0) is 13.6 Å². The van der Waals surface area contributed by atoms with Gasteiger partial charge in [-0.25, -0.2) is 4.98 Å². The van der Waals surface area contributed by atoms with Gasteiger partial charge in [0.05, 0.1) is 0 Å². The first-order valence-electron chi connectivity index (χ1n) is 4.95. The fourth-order valence-corrected chi connectivity index (χ4v) is 2.13. The molecule has 15 heavy (non-hydrogen) atoms. The van der Waals surface area contributed by atoms with Gasteiger partial charge >= 0.3 is 0 Å². The van der Waals surface area contributed by atoms with Crippen LogP contribution in [0.4, 0.5) is 0 Å². The maximum Gasteiger partial charge on any atom is 0.143 e. The lowest BCUT2D eigenvalue weighted by Crippen LogP contribution is -2.10. The molecule has 0 spiro atoms. The Morgan fingerprint density at radius 2 is 2.40 bits per heavy atom. The standard InChI is InChI=1S/C10H14N4S/c1-3-11-6-8-7-12-10(15-8)9-4-5-14(2)13-9/h4-5,7,11H,3,6H2,1-2H3. The minimum Gasteiger partial charge on any atom is -0.312 e. The van der Waals surface area contributed by atoms with Crippen LogP contribution in [0.2, 0.25) is 0 Å². The highest BCUT2D eigenvalue weighted by Gasteiger charge is 2.06. The molecule has 2 rings (SSSR count). The van der Waals surface area contributed by atoms with E-state index in [-0.39, 0.29) is 0 Å². The van der Waals surface area contributed by atoms with Gasteiger partial charge in [0.2, 0.25) is 0 Å². The number of nitrogens with one attached hydrogen (secondary N) is 1. The Labute approximate surface area is 93.0 Å². The van der Waals surface area contributed by atoms with Crippen molar-refractivity contribution in [3.63, 3.8) is 0 Å². The molecule has 0 aliphatic heterocycles. The van der Waals surface area contributed by atoms with E-state index in [1.54, 1.807) is 16.0 Å². The van der Waals surface area contributed by atoms with Gasteiger partial charge in [-0.2, -0.15) is 5.10 Å². The maximum absolute atomic E-state index is 4.36. The van der Waals surface area contributed by atoms with Gasteiger partial charge in [-0.05, 0) is 12.6 Å². The molecule has 80 valence electrons. The Hall–Kier alpha value is -1.20. The Kier molecular flexibility index (Phi) is 3.13. The predicted molar refractivity (Wildman–Crippen MR) is 61.7 cm³/mol. The molecule has 0 radical (unpaired) electrons. The van der Waals surface area contributed by atoms with Gasteiger partial charge in [0.25, 0.3) is 0 Å². The van der Waals surface area contributed by atoms with Crippen LogP contribution >= 0.6 is 11.3 Å². The molecule has 0 aliphatic carbocycles. The highest BCUT2D eigenvalue weighted by molar-refractivity contribution is 7.14. The summed E-state index contributed by atoms with van der Waals surface area (Å²) >= 11 is 1.69. The van der Waals surface area contributed by atoms with Gasteiger partial charge in [0, 0.05) is 30.9 Å². The van der Waals surface area contributed by atoms with Crippen LogP contribution in [0.3, 0.4) is 0 Å². The second kappa shape index (κ2) is 4.55. The van der Waals surface area contributed by atoms with Crippen LogP contribution in [0.5, 0.6) is 0 Å². The molecule has 0 unspecified atom stereocenters. The summed E-state index contributed by atoms with van der Waals surface area (Å²) in [6, 6.07) is 1.98. The summed E-state index contributed by atoms with van der Waals surface area (Å²) in [5, 5.41) is 8.59. The second-order valence-electron chi connectivity index (χ2n) is 3.29. The summed E-state index contributed by atoms with van der Waals surface area (Å²) in [6.45, 7) is 3.97. The number of hydrogen-bond donors (Lipinski definition) is 1. The van der Waals surface area contributed by atoms with E-state index in [2.05, 4.69) is 22.3 Å². The fraction of sp³-hybridized carbons (Fsp3) is 0.400. The molecule has 2 aromatic heterocycles. The van der Waals surface area contributed by atoms with Crippen molar-refractivity contribution in [3.8, 4) is 10.7 Å². The minimum absolute atomic E-state index is 0.890. The molecule has 5 heteroatoms. The third-order valence-corrected chi connectivity index (χ3v) is 3.06. The average molecular weight is 222 g/mol. The second-order valence-corrected chi connectivity index (χ2v) is 4.40. The summed E-state index contributed by atoms with van der Waals surface area (Å²) in [4.78, 5) is 5.60. The van der Waals surface area contributed by atoms with Crippen molar-refractivity contribution in [1.82, 2.24) is 20.1 Å². The van der Waals surface area contributed by atoms with Crippen LogP contribution in [0.15, 0.2) is 18.5 Å². The molecular formula is C10H14N4S. The summed E-state index contributed by atoms with van der Waals surface area (Å²) < 4.78 is 1.79. The summed E-state index contributed by atoms with van der Waals surface area (Å²) in [6.07, 6.45) is 3.85. The zero-order valence-corrected chi connectivity index (χ0v) is 9.71. The van der Waals surface area contributed by atoms with E-state index in [9.17, 15) is 0 Å². The lowest BCUT2D eigenvalue weighted by Gasteiger charge is -1.94. The van der Waals surface area contributed by atoms with E-state index in [1.165, 1.54) is 4.88 Å². The lowest BCUT2D eigenvalue weighted by molar-refractivity contribution is 0.734. The van der Waals surface area contributed by atoms with E-state index in [0.717, 1.165) is 23.8 Å². The molecule has 0 amide bonds. The largest absolute Gasteiger partial charge is 0.312 e. The maximum atomic E-state index is 4.36. The number of aromatic nitrogens is 3. The lowest BCUT2D eigenvalue weighted by atomic mass is 10.5. The van der Waals surface area contributed by atoms with Crippen LogP contribution < -0.4 is 5.32 Å². The Bertz CT molecular complexity index is 432. The molecule has 0 saturated carbocycles. The molecule has 2 aromatic rings. The molecule has 2 heterocycles. The molecule has 4 nitrogen and oxygen atoms in total. The van der Waals surface area contributed by atoms with Gasteiger partial charge < -0.3 is 5.32 Å². The fourth-order valence-electron chi connectivity index (χ4n) is 1.28. The topological polar surface area (TPSA) is 42.7 Å². The van der Waals surface area contributed by atoms with E-state index in [4.69, 9.17) is 0 Å². The quantitative estimate of drug-likeness (QED) is 0.855. The Balaban J connectivity index is 2.13. The van der Waals surface area contributed by atoms with Gasteiger partial charge in [0.1, 0.15) is 10.7 Å². The predicted octanol–water partition coefficient (Wildman–Crippen LogP) is 1.65. The highest BCUT2D eigenvalue weighted by atomic mass is 32.1. The zero-order valence-electron chi connectivity index (χ0n) is 8.90. The van der Waals surface area contributed by atoms with E-state index < -0.39 is 0 Å². The van der Waals surface area contributed by atoms with Crippen molar-refractivity contribution >= 4 is 11.3 Å². The van der Waals surface area contributed by atoms with Crippen molar-refractivity contribution in [2.24, 2.45) is 7.05 Å². The van der Waals surface area contributed by atoms with Crippen LogP contribution in [0.25, 0.3) is 10.7 Å². The first kappa shape index (κ1) is 10.3. The SMILES string of the molecule is CCNCc1cnc(-c2ccn(C)n2)s1. The van der Waals surface area contributed by atoms with Crippen molar-refractivity contribution in [1.29, 1.82) is 0 Å². The van der Waals surface area contributed by atoms with Crippen LogP contribution in [-0.4, -0.2) is 21.3 Å². The van der Waals surface area contributed by atoms with Gasteiger partial charge in [-0.15, -0.1) is 11.3 Å². The zero-order chi connectivity index (χ0) is 10.7. The third-order valence-electron chi connectivity index (χ3n) is 2.04. The molecule has 0 aromatic carbocycles. The van der Waals surface area contributed by atoms with Gasteiger partial charge in [-0.3, -0.25) is 4.68 Å². The summed E-state index contributed by atoms with van der Waals surface area (Å²) in [5.74, 6) is 0. The van der Waals surface area contributed by atoms with Gasteiger partial charge in [-0.1, -0.05) is 6.92 Å². The first-order chi connectivity index (χ1) is 7.29. The van der Waals surface area contributed by atoms with E-state index in [0.29, 0.717) is 0 Å². The number of rotatable bonds is 4. The van der Waals surface area contributed by atoms with Crippen molar-refractivity contribution in [3.05, 3.63) is 23.3 Å². The third kappa shape index (κ3) is 2.43. The molecule has 0 saturated heterocycles. The molecule has 1 N–H and O–H groups in total. The Morgan fingerprint density at radius 3 is 3.07 bits per heavy atom. The van der Waals surface area contributed by atoms with Crippen molar-refractivity contribution in [2.45, 2.75) is 13.5 Å². The molecule has 0 aliphatic rings. The van der Waals surface area contributed by atoms with Gasteiger partial charge in [0.15, 0.2) is 0 Å². The molecule has 0 atom stereocenters. The van der Waals surface area contributed by atoms with Crippen LogP contribution in [0.1, 0.15) is 11.8 Å². The normalized spacial score (nSPS) is 10.8. The number of nitrogens with zero attached hydrogens (tertiary/aromatic N) is 3. The summed E-state index contributed by atoms with van der Waals surface area (Å²) in [5.41, 5.74) is 0.949. The van der Waals surface area contributed by atoms with E-state index >= 15 is 0 Å². The Morgan fingerprint density at radius 1 is 1.53 bits per heavy atom. The first-order valence-corrected chi connectivity index (χ1v) is 5.76. The van der Waals surface area contributed by atoms with Crippen LogP contribution in [0, 0.1) is 0 Å². The highest BCUT2D eigenvalue weighted by Crippen LogP contribution is 2.22. The number of thiazole rings is 1. The molecule has 0 bridgehead atoms. The van der Waals surface area contributed by atoms with E-state index in [1.807, 2.05) is 25.5 Å². The molecule has 0 fully saturated rings. The average Bonchev–Trinajstić information content (AvgIpc) is 2.83. The van der Waals surface area contributed by atoms with Crippen molar-refractivity contribution < 1.29 is 0 Å². The number of hydrogen-bond acceptors (Lipinski definition) is 4. The smallest absolute Gasteiger partial charge is 0.143 e.